The number of halogens is 1. The molecule has 0 aliphatic carbocycles. The van der Waals surface area contributed by atoms with Gasteiger partial charge in [-0.3, -0.25) is 0 Å². The first kappa shape index (κ1) is 12.9. The van der Waals surface area contributed by atoms with Crippen molar-refractivity contribution in [1.82, 2.24) is 4.98 Å². The Labute approximate surface area is 108 Å². The maximum Gasteiger partial charge on any atom is 0.357 e. The number of carbonyl (C=O) groups excluding carboxylic acids is 2. The predicted molar refractivity (Wildman–Crippen MR) is 64.4 cm³/mol. The first-order valence-corrected chi connectivity index (χ1v) is 5.33. The van der Waals surface area contributed by atoms with Crippen molar-refractivity contribution in [3.05, 3.63) is 41.3 Å². The molecule has 0 saturated carbocycles. The second-order valence-electron chi connectivity index (χ2n) is 3.70. The summed E-state index contributed by atoms with van der Waals surface area (Å²) in [6, 6.07) is 5.20. The molecule has 1 heterocycles. The highest BCUT2D eigenvalue weighted by atomic mass is 19.1. The van der Waals surface area contributed by atoms with E-state index >= 15 is 0 Å². The second-order valence-corrected chi connectivity index (χ2v) is 3.70. The molecule has 0 unspecified atom stereocenters. The average Bonchev–Trinajstić information content (AvgIpc) is 2.44. The summed E-state index contributed by atoms with van der Waals surface area (Å²) >= 11 is 0. The highest BCUT2D eigenvalue weighted by molar-refractivity contribution is 6.04. The van der Waals surface area contributed by atoms with Crippen LogP contribution in [-0.2, 0) is 9.47 Å². The van der Waals surface area contributed by atoms with Gasteiger partial charge in [-0.05, 0) is 24.3 Å². The summed E-state index contributed by atoms with van der Waals surface area (Å²) < 4.78 is 22.3. The number of hydrogen-bond acceptors (Lipinski definition) is 5. The largest absolute Gasteiger partial charge is 0.465 e. The molecule has 0 atom stereocenters. The molecule has 1 aromatic carbocycles. The van der Waals surface area contributed by atoms with Crippen LogP contribution in [0, 0.1) is 5.82 Å². The quantitative estimate of drug-likeness (QED) is 0.775. The summed E-state index contributed by atoms with van der Waals surface area (Å²) in [5, 5.41) is 0.396. The highest BCUT2D eigenvalue weighted by Crippen LogP contribution is 2.19. The summed E-state index contributed by atoms with van der Waals surface area (Å²) in [5.74, 6) is -1.96. The van der Waals surface area contributed by atoms with Crippen molar-refractivity contribution < 1.29 is 23.5 Å². The molecule has 2 rings (SSSR count). The van der Waals surface area contributed by atoms with E-state index in [9.17, 15) is 14.0 Å². The zero-order valence-electron chi connectivity index (χ0n) is 10.3. The zero-order chi connectivity index (χ0) is 14.0. The van der Waals surface area contributed by atoms with Gasteiger partial charge in [0.05, 0.1) is 25.3 Å². The third-order valence-corrected chi connectivity index (χ3v) is 2.56. The first-order valence-electron chi connectivity index (χ1n) is 5.33. The lowest BCUT2D eigenvalue weighted by Gasteiger charge is -2.07. The molecule has 0 aliphatic heterocycles. The van der Waals surface area contributed by atoms with Crippen molar-refractivity contribution in [1.29, 1.82) is 0 Å². The van der Waals surface area contributed by atoms with Gasteiger partial charge in [-0.25, -0.2) is 19.0 Å². The Morgan fingerprint density at radius 2 is 1.79 bits per heavy atom. The SMILES string of the molecule is COC(=O)c1cc2cc(F)ccc2nc1C(=O)OC. The zero-order valence-corrected chi connectivity index (χ0v) is 10.3. The van der Waals surface area contributed by atoms with Gasteiger partial charge in [0, 0.05) is 5.39 Å². The lowest BCUT2D eigenvalue weighted by molar-refractivity contribution is 0.0550. The molecule has 0 bridgehead atoms. The van der Waals surface area contributed by atoms with Crippen LogP contribution in [0.2, 0.25) is 0 Å². The van der Waals surface area contributed by atoms with E-state index in [0.29, 0.717) is 10.9 Å². The molecule has 0 saturated heterocycles. The second kappa shape index (κ2) is 5.01. The van der Waals surface area contributed by atoms with Crippen LogP contribution in [0.25, 0.3) is 10.9 Å². The fourth-order valence-corrected chi connectivity index (χ4v) is 1.67. The minimum atomic E-state index is -0.758. The smallest absolute Gasteiger partial charge is 0.357 e. The van der Waals surface area contributed by atoms with Gasteiger partial charge < -0.3 is 9.47 Å². The monoisotopic (exact) mass is 263 g/mol. The molecular formula is C13H10FNO4. The molecular weight excluding hydrogens is 253 g/mol. The number of carbonyl (C=O) groups is 2. The van der Waals surface area contributed by atoms with E-state index in [1.807, 2.05) is 0 Å². The molecule has 0 radical (unpaired) electrons. The van der Waals surface area contributed by atoms with Gasteiger partial charge in [0.2, 0.25) is 0 Å². The number of ether oxygens (including phenoxy) is 2. The summed E-state index contributed by atoms with van der Waals surface area (Å²) in [4.78, 5) is 27.2. The number of methoxy groups -OCH3 is 2. The molecule has 2 aromatic rings. The van der Waals surface area contributed by atoms with Crippen LogP contribution in [0.3, 0.4) is 0 Å². The highest BCUT2D eigenvalue weighted by Gasteiger charge is 2.21. The molecule has 1 aromatic heterocycles. The molecule has 0 spiro atoms. The van der Waals surface area contributed by atoms with Gasteiger partial charge in [-0.15, -0.1) is 0 Å². The van der Waals surface area contributed by atoms with Crippen LogP contribution in [0.15, 0.2) is 24.3 Å². The predicted octanol–water partition coefficient (Wildman–Crippen LogP) is 1.95. The molecule has 6 heteroatoms. The van der Waals surface area contributed by atoms with Gasteiger partial charge in [0.15, 0.2) is 5.69 Å². The first-order chi connectivity index (χ1) is 9.06. The molecule has 5 nitrogen and oxygen atoms in total. The van der Waals surface area contributed by atoms with E-state index in [1.54, 1.807) is 0 Å². The number of rotatable bonds is 2. The van der Waals surface area contributed by atoms with Crippen molar-refractivity contribution in [2.45, 2.75) is 0 Å². The minimum Gasteiger partial charge on any atom is -0.465 e. The van der Waals surface area contributed by atoms with Crippen LogP contribution in [0.1, 0.15) is 20.8 Å². The Bertz CT molecular complexity index is 669. The van der Waals surface area contributed by atoms with Gasteiger partial charge in [0.1, 0.15) is 5.82 Å². The molecule has 19 heavy (non-hydrogen) atoms. The number of aromatic nitrogens is 1. The van der Waals surface area contributed by atoms with Gasteiger partial charge >= 0.3 is 11.9 Å². The lowest BCUT2D eigenvalue weighted by atomic mass is 10.1. The molecule has 0 aliphatic rings. The van der Waals surface area contributed by atoms with Crippen LogP contribution in [-0.4, -0.2) is 31.1 Å². The third kappa shape index (κ3) is 2.37. The summed E-state index contributed by atoms with van der Waals surface area (Å²) in [6.45, 7) is 0. The fourth-order valence-electron chi connectivity index (χ4n) is 1.67. The summed E-state index contributed by atoms with van der Waals surface area (Å²) in [7, 11) is 2.36. The number of nitrogens with zero attached hydrogens (tertiary/aromatic N) is 1. The number of benzene rings is 1. The Hall–Kier alpha value is -2.50. The van der Waals surface area contributed by atoms with Gasteiger partial charge in [-0.2, -0.15) is 0 Å². The number of esters is 2. The Balaban J connectivity index is 2.73. The summed E-state index contributed by atoms with van der Waals surface area (Å²) in [5.41, 5.74) is 0.162. The Morgan fingerprint density at radius 1 is 1.11 bits per heavy atom. The van der Waals surface area contributed by atoms with E-state index in [0.717, 1.165) is 0 Å². The Kier molecular flexibility index (Phi) is 3.41. The fraction of sp³-hybridized carbons (Fsp3) is 0.154. The van der Waals surface area contributed by atoms with Crippen LogP contribution in [0.5, 0.6) is 0 Å². The van der Waals surface area contributed by atoms with E-state index in [1.165, 1.54) is 38.5 Å². The van der Waals surface area contributed by atoms with Crippen molar-refractivity contribution in [2.75, 3.05) is 14.2 Å². The van der Waals surface area contributed by atoms with Crippen LogP contribution >= 0.6 is 0 Å². The van der Waals surface area contributed by atoms with Crippen molar-refractivity contribution in [2.24, 2.45) is 0 Å². The topological polar surface area (TPSA) is 65.5 Å². The van der Waals surface area contributed by atoms with Crippen molar-refractivity contribution >= 4 is 22.8 Å². The standard InChI is InChI=1S/C13H10FNO4/c1-18-12(16)9-6-7-5-8(14)3-4-10(7)15-11(9)13(17)19-2/h3-6H,1-2H3. The van der Waals surface area contributed by atoms with Gasteiger partial charge in [-0.1, -0.05) is 0 Å². The average molecular weight is 263 g/mol. The normalized spacial score (nSPS) is 10.3. The molecule has 98 valence electrons. The van der Waals surface area contributed by atoms with E-state index < -0.39 is 17.8 Å². The van der Waals surface area contributed by atoms with Crippen molar-refractivity contribution in [3.8, 4) is 0 Å². The molecule has 0 amide bonds. The van der Waals surface area contributed by atoms with Crippen LogP contribution in [0.4, 0.5) is 4.39 Å². The van der Waals surface area contributed by atoms with E-state index in [4.69, 9.17) is 0 Å². The third-order valence-electron chi connectivity index (χ3n) is 2.56. The lowest BCUT2D eigenvalue weighted by Crippen LogP contribution is -2.14. The summed E-state index contributed by atoms with van der Waals surface area (Å²) in [6.07, 6.45) is 0. The van der Waals surface area contributed by atoms with Gasteiger partial charge in [0.25, 0.3) is 0 Å². The molecule has 0 fully saturated rings. The maximum absolute atomic E-state index is 13.1. The van der Waals surface area contributed by atoms with E-state index in [-0.39, 0.29) is 11.3 Å². The minimum absolute atomic E-state index is 0.0625. The Morgan fingerprint density at radius 3 is 2.42 bits per heavy atom. The number of fused-ring (bicyclic) bond motifs is 1. The molecule has 0 N–H and O–H groups in total. The van der Waals surface area contributed by atoms with Crippen LogP contribution < -0.4 is 0 Å². The van der Waals surface area contributed by atoms with E-state index in [2.05, 4.69) is 14.5 Å². The number of pyridine rings is 1. The number of hydrogen-bond donors (Lipinski definition) is 0. The maximum atomic E-state index is 13.1. The van der Waals surface area contributed by atoms with Crippen molar-refractivity contribution in [3.63, 3.8) is 0 Å².